The first-order valence-corrected chi connectivity index (χ1v) is 8.67. The second-order valence-electron chi connectivity index (χ2n) is 6.20. The molecule has 3 heterocycles. The molecule has 3 rings (SSSR count). The van der Waals surface area contributed by atoms with Crippen molar-refractivity contribution >= 4 is 29.4 Å². The lowest BCUT2D eigenvalue weighted by Crippen LogP contribution is -2.35. The summed E-state index contributed by atoms with van der Waals surface area (Å²) in [6.45, 7) is 3.92. The number of aryl methyl sites for hydroxylation is 1. The van der Waals surface area contributed by atoms with Crippen molar-refractivity contribution < 1.29 is 0 Å². The van der Waals surface area contributed by atoms with E-state index in [1.807, 2.05) is 13.0 Å². The summed E-state index contributed by atoms with van der Waals surface area (Å²) in [6, 6.07) is 2.24. The Balaban J connectivity index is 1.89. The standard InChI is InChI=1S/C17H25N9/c1-11-7-15(26-25-11)23-17-21-10-14(12(8-18)9-19-2)16(24-17)22-13-3-5-20-6-4-13/h7-10,13,20H,3-6,18H2,1-2H3,(H3,21,22,23,24,25,26). The van der Waals surface area contributed by atoms with Gasteiger partial charge in [-0.2, -0.15) is 10.1 Å². The molecule has 0 aliphatic carbocycles. The third-order valence-corrected chi connectivity index (χ3v) is 4.17. The van der Waals surface area contributed by atoms with Crippen LogP contribution in [-0.4, -0.2) is 52.6 Å². The first-order chi connectivity index (χ1) is 12.7. The molecule has 2 aromatic heterocycles. The van der Waals surface area contributed by atoms with Gasteiger partial charge in [-0.25, -0.2) is 4.98 Å². The van der Waals surface area contributed by atoms with Crippen molar-refractivity contribution in [1.82, 2.24) is 25.5 Å². The van der Waals surface area contributed by atoms with E-state index in [1.165, 1.54) is 6.20 Å². The second-order valence-corrected chi connectivity index (χ2v) is 6.20. The van der Waals surface area contributed by atoms with Crippen LogP contribution in [0.15, 0.2) is 23.5 Å². The quantitative estimate of drug-likeness (QED) is 0.496. The highest BCUT2D eigenvalue weighted by Crippen LogP contribution is 2.24. The average molecular weight is 355 g/mol. The van der Waals surface area contributed by atoms with Crippen molar-refractivity contribution in [2.75, 3.05) is 30.8 Å². The molecule has 0 atom stereocenters. The molecular weight excluding hydrogens is 330 g/mol. The number of hydrogen-bond donors (Lipinski definition) is 5. The Bertz CT molecular complexity index is 787. The maximum absolute atomic E-state index is 5.78. The highest BCUT2D eigenvalue weighted by molar-refractivity contribution is 6.11. The number of rotatable bonds is 6. The Hall–Kier alpha value is -2.94. The molecule has 6 N–H and O–H groups in total. The van der Waals surface area contributed by atoms with Crippen molar-refractivity contribution in [1.29, 1.82) is 0 Å². The van der Waals surface area contributed by atoms with Crippen molar-refractivity contribution in [3.8, 4) is 0 Å². The van der Waals surface area contributed by atoms with E-state index >= 15 is 0 Å². The van der Waals surface area contributed by atoms with Crippen LogP contribution in [0.3, 0.4) is 0 Å². The van der Waals surface area contributed by atoms with Gasteiger partial charge in [0.15, 0.2) is 5.82 Å². The van der Waals surface area contributed by atoms with Crippen LogP contribution in [0.2, 0.25) is 0 Å². The average Bonchev–Trinajstić information content (AvgIpc) is 3.06. The van der Waals surface area contributed by atoms with Gasteiger partial charge in [0.2, 0.25) is 5.95 Å². The van der Waals surface area contributed by atoms with Crippen LogP contribution in [-0.2, 0) is 0 Å². The lowest BCUT2D eigenvalue weighted by atomic mass is 10.1. The lowest BCUT2D eigenvalue weighted by molar-refractivity contribution is 0.478. The molecule has 9 nitrogen and oxygen atoms in total. The summed E-state index contributed by atoms with van der Waals surface area (Å²) in [7, 11) is 1.71. The van der Waals surface area contributed by atoms with Crippen molar-refractivity contribution in [2.45, 2.75) is 25.8 Å². The van der Waals surface area contributed by atoms with Gasteiger partial charge in [-0.15, -0.1) is 0 Å². The summed E-state index contributed by atoms with van der Waals surface area (Å²) < 4.78 is 0. The summed E-state index contributed by atoms with van der Waals surface area (Å²) in [5, 5.41) is 17.1. The molecule has 0 aromatic carbocycles. The number of hydrogen-bond acceptors (Lipinski definition) is 8. The van der Waals surface area contributed by atoms with Crippen molar-refractivity contribution in [3.05, 3.63) is 29.7 Å². The van der Waals surface area contributed by atoms with Gasteiger partial charge >= 0.3 is 0 Å². The number of anilines is 3. The third kappa shape index (κ3) is 4.37. The largest absolute Gasteiger partial charge is 0.404 e. The number of nitrogens with two attached hydrogens (primary N) is 1. The first-order valence-electron chi connectivity index (χ1n) is 8.67. The van der Waals surface area contributed by atoms with Crippen molar-refractivity contribution in [2.24, 2.45) is 10.7 Å². The van der Waals surface area contributed by atoms with Crippen LogP contribution in [0.1, 0.15) is 24.1 Å². The second kappa shape index (κ2) is 8.43. The van der Waals surface area contributed by atoms with Crippen molar-refractivity contribution in [3.63, 3.8) is 0 Å². The zero-order valence-electron chi connectivity index (χ0n) is 15.1. The fourth-order valence-electron chi connectivity index (χ4n) is 2.86. The van der Waals surface area contributed by atoms with E-state index in [9.17, 15) is 0 Å². The maximum atomic E-state index is 5.78. The van der Waals surface area contributed by atoms with Gasteiger partial charge in [0.05, 0.1) is 0 Å². The van der Waals surface area contributed by atoms with Gasteiger partial charge in [0.25, 0.3) is 0 Å². The minimum atomic E-state index is 0.350. The normalized spacial score (nSPS) is 16.2. The van der Waals surface area contributed by atoms with E-state index < -0.39 is 0 Å². The molecule has 26 heavy (non-hydrogen) atoms. The van der Waals surface area contributed by atoms with Crippen LogP contribution in [0, 0.1) is 6.92 Å². The molecule has 9 heteroatoms. The summed E-state index contributed by atoms with van der Waals surface area (Å²) in [6.07, 6.45) is 7.04. The zero-order valence-corrected chi connectivity index (χ0v) is 15.1. The Morgan fingerprint density at radius 2 is 2.19 bits per heavy atom. The van der Waals surface area contributed by atoms with E-state index in [2.05, 4.69) is 41.1 Å². The number of aromatic nitrogens is 4. The predicted molar refractivity (Wildman–Crippen MR) is 105 cm³/mol. The molecule has 0 saturated carbocycles. The fourth-order valence-corrected chi connectivity index (χ4v) is 2.86. The molecule has 2 aromatic rings. The van der Waals surface area contributed by atoms with Crippen LogP contribution in [0.4, 0.5) is 17.6 Å². The highest BCUT2D eigenvalue weighted by Gasteiger charge is 2.17. The first kappa shape index (κ1) is 17.9. The Morgan fingerprint density at radius 3 is 2.85 bits per heavy atom. The summed E-state index contributed by atoms with van der Waals surface area (Å²) in [4.78, 5) is 13.1. The van der Waals surface area contributed by atoms with E-state index in [4.69, 9.17) is 5.73 Å². The van der Waals surface area contributed by atoms with E-state index in [1.54, 1.807) is 19.5 Å². The SMILES string of the molecule is CN=CC(=CN)c1cnc(Nc2cc(C)[nH]n2)nc1NC1CCNCC1. The van der Waals surface area contributed by atoms with Gasteiger partial charge in [-0.3, -0.25) is 10.1 Å². The maximum Gasteiger partial charge on any atom is 0.230 e. The Morgan fingerprint density at radius 1 is 1.38 bits per heavy atom. The summed E-state index contributed by atoms with van der Waals surface area (Å²) >= 11 is 0. The number of H-pyrrole nitrogens is 1. The van der Waals surface area contributed by atoms with Crippen LogP contribution in [0.5, 0.6) is 0 Å². The molecule has 0 radical (unpaired) electrons. The summed E-state index contributed by atoms with van der Waals surface area (Å²) in [5.74, 6) is 1.88. The Labute approximate surface area is 152 Å². The molecule has 1 fully saturated rings. The molecule has 1 aliphatic heterocycles. The smallest absolute Gasteiger partial charge is 0.230 e. The third-order valence-electron chi connectivity index (χ3n) is 4.17. The number of aliphatic imine (C=N–C) groups is 1. The van der Waals surface area contributed by atoms with Gasteiger partial charge < -0.3 is 21.7 Å². The summed E-state index contributed by atoms with van der Waals surface area (Å²) in [5.41, 5.74) is 8.33. The van der Waals surface area contributed by atoms with Crippen LogP contribution in [0.25, 0.3) is 5.57 Å². The molecule has 0 amide bonds. The minimum absolute atomic E-state index is 0.350. The Kier molecular flexibility index (Phi) is 5.80. The van der Waals surface area contributed by atoms with E-state index in [0.717, 1.165) is 48.6 Å². The lowest BCUT2D eigenvalue weighted by Gasteiger charge is -2.25. The van der Waals surface area contributed by atoms with Gasteiger partial charge in [-0.05, 0) is 32.9 Å². The molecule has 1 aliphatic rings. The van der Waals surface area contributed by atoms with Gasteiger partial charge in [0, 0.05) is 54.6 Å². The number of allylic oxidation sites excluding steroid dienone is 1. The molecular formula is C17H25N9. The van der Waals surface area contributed by atoms with Crippen LogP contribution < -0.4 is 21.7 Å². The predicted octanol–water partition coefficient (Wildman–Crippen LogP) is 1.42. The molecule has 138 valence electrons. The van der Waals surface area contributed by atoms with Crippen LogP contribution >= 0.6 is 0 Å². The highest BCUT2D eigenvalue weighted by atomic mass is 15.2. The number of piperidine rings is 1. The molecule has 0 unspecified atom stereocenters. The number of nitrogens with one attached hydrogen (secondary N) is 4. The minimum Gasteiger partial charge on any atom is -0.404 e. The number of aromatic amines is 1. The van der Waals surface area contributed by atoms with Gasteiger partial charge in [-0.1, -0.05) is 0 Å². The van der Waals surface area contributed by atoms with Gasteiger partial charge in [0.1, 0.15) is 5.82 Å². The number of nitrogens with zero attached hydrogens (tertiary/aromatic N) is 4. The molecule has 1 saturated heterocycles. The fraction of sp³-hybridized carbons (Fsp3) is 0.412. The molecule has 0 spiro atoms. The topological polar surface area (TPSA) is 129 Å². The van der Waals surface area contributed by atoms with E-state index in [0.29, 0.717) is 17.8 Å². The molecule has 0 bridgehead atoms. The monoisotopic (exact) mass is 355 g/mol. The van der Waals surface area contributed by atoms with E-state index in [-0.39, 0.29) is 0 Å². The zero-order chi connectivity index (χ0) is 18.4.